The molecular weight excluding hydrogens is 341 g/mol. The van der Waals surface area contributed by atoms with Gasteiger partial charge < -0.3 is 9.80 Å². The van der Waals surface area contributed by atoms with Crippen molar-refractivity contribution in [1.82, 2.24) is 4.90 Å². The number of rotatable bonds is 7. The van der Waals surface area contributed by atoms with E-state index in [1.807, 2.05) is 56.8 Å². The van der Waals surface area contributed by atoms with Gasteiger partial charge in [0.25, 0.3) is 0 Å². The lowest BCUT2D eigenvalue weighted by Crippen LogP contribution is -2.26. The molecule has 27 heavy (non-hydrogen) atoms. The van der Waals surface area contributed by atoms with E-state index in [0.29, 0.717) is 5.56 Å². The quantitative estimate of drug-likeness (QED) is 0.404. The summed E-state index contributed by atoms with van der Waals surface area (Å²) in [5.41, 5.74) is 5.09. The van der Waals surface area contributed by atoms with Gasteiger partial charge in [0.05, 0.1) is 18.6 Å². The molecule has 0 amide bonds. The summed E-state index contributed by atoms with van der Waals surface area (Å²) in [6.45, 7) is 8.91. The average molecular weight is 369 g/mol. The topological polar surface area (TPSA) is 35.9 Å². The number of nitrogens with zero attached hydrogens (tertiary/aromatic N) is 3. The molecule has 2 rings (SSSR count). The van der Waals surface area contributed by atoms with Crippen LogP contribution < -0.4 is 4.90 Å². The molecule has 0 aromatic heterocycles. The van der Waals surface area contributed by atoms with Gasteiger partial charge in [-0.1, -0.05) is 0 Å². The zero-order valence-corrected chi connectivity index (χ0v) is 17.0. The standard InChI is InChI=1S/C22H28FN3O/c1-7-25(5)14-24-20-12-15(2)19(11-16(20)3)22(27)13-26(6)21-9-8-18(23)10-17(21)4/h8-12,14H,7,13H2,1-6H3. The van der Waals surface area contributed by atoms with Gasteiger partial charge in [0.1, 0.15) is 5.82 Å². The van der Waals surface area contributed by atoms with E-state index in [4.69, 9.17) is 0 Å². The van der Waals surface area contributed by atoms with Crippen molar-refractivity contribution < 1.29 is 9.18 Å². The Kier molecular flexibility index (Phi) is 6.72. The van der Waals surface area contributed by atoms with Crippen molar-refractivity contribution in [2.75, 3.05) is 32.1 Å². The van der Waals surface area contributed by atoms with Crippen LogP contribution in [0.1, 0.15) is 34.0 Å². The van der Waals surface area contributed by atoms with Crippen molar-refractivity contribution in [1.29, 1.82) is 0 Å². The Morgan fingerprint density at radius 1 is 1.07 bits per heavy atom. The lowest BCUT2D eigenvalue weighted by Gasteiger charge is -2.21. The second-order valence-corrected chi connectivity index (χ2v) is 6.98. The molecule has 0 saturated heterocycles. The predicted octanol–water partition coefficient (Wildman–Crippen LogP) is 4.68. The number of Topliss-reactive ketones (excluding diaryl/α,β-unsaturated/α-hetero) is 1. The first kappa shape index (κ1) is 20.6. The third kappa shape index (κ3) is 5.16. The number of carbonyl (C=O) groups is 1. The summed E-state index contributed by atoms with van der Waals surface area (Å²) in [4.78, 5) is 21.2. The van der Waals surface area contributed by atoms with Gasteiger partial charge in [-0.2, -0.15) is 0 Å². The SMILES string of the molecule is CCN(C)C=Nc1cc(C)c(C(=O)CN(C)c2ccc(F)cc2C)cc1C. The number of halogens is 1. The smallest absolute Gasteiger partial charge is 0.182 e. The number of hydrogen-bond donors (Lipinski definition) is 0. The minimum absolute atomic E-state index is 0.0306. The van der Waals surface area contributed by atoms with Crippen molar-refractivity contribution in [2.24, 2.45) is 4.99 Å². The van der Waals surface area contributed by atoms with E-state index < -0.39 is 0 Å². The maximum atomic E-state index is 13.3. The van der Waals surface area contributed by atoms with Crippen LogP contribution in [0.3, 0.4) is 0 Å². The number of benzene rings is 2. The molecule has 0 bridgehead atoms. The van der Waals surface area contributed by atoms with E-state index in [2.05, 4.69) is 11.9 Å². The summed E-state index contributed by atoms with van der Waals surface area (Å²) in [7, 11) is 3.82. The lowest BCUT2D eigenvalue weighted by molar-refractivity contribution is 0.0999. The molecule has 5 heteroatoms. The van der Waals surface area contributed by atoms with Crippen LogP contribution >= 0.6 is 0 Å². The van der Waals surface area contributed by atoms with Crippen LogP contribution in [0.2, 0.25) is 0 Å². The number of anilines is 1. The molecule has 0 radical (unpaired) electrons. The van der Waals surface area contributed by atoms with Crippen LogP contribution in [0.4, 0.5) is 15.8 Å². The van der Waals surface area contributed by atoms with Gasteiger partial charge in [0.15, 0.2) is 5.78 Å². The van der Waals surface area contributed by atoms with Crippen molar-refractivity contribution in [3.63, 3.8) is 0 Å². The summed E-state index contributed by atoms with van der Waals surface area (Å²) in [5.74, 6) is -0.240. The Bertz CT molecular complexity index is 861. The molecule has 0 unspecified atom stereocenters. The van der Waals surface area contributed by atoms with E-state index in [9.17, 15) is 9.18 Å². The molecule has 144 valence electrons. The number of aliphatic imine (C=N–C) groups is 1. The van der Waals surface area contributed by atoms with Crippen molar-refractivity contribution in [3.05, 3.63) is 58.4 Å². The van der Waals surface area contributed by atoms with Gasteiger partial charge in [0.2, 0.25) is 0 Å². The zero-order valence-electron chi connectivity index (χ0n) is 17.0. The summed E-state index contributed by atoms with van der Waals surface area (Å²) in [5, 5.41) is 0. The molecule has 0 heterocycles. The summed E-state index contributed by atoms with van der Waals surface area (Å²) < 4.78 is 13.3. The second-order valence-electron chi connectivity index (χ2n) is 6.98. The van der Waals surface area contributed by atoms with Gasteiger partial charge in [0, 0.05) is 31.9 Å². The van der Waals surface area contributed by atoms with Gasteiger partial charge >= 0.3 is 0 Å². The molecule has 0 N–H and O–H groups in total. The van der Waals surface area contributed by atoms with Crippen molar-refractivity contribution in [3.8, 4) is 0 Å². The normalized spacial score (nSPS) is 11.1. The van der Waals surface area contributed by atoms with Crippen LogP contribution in [0.15, 0.2) is 35.3 Å². The molecule has 0 aliphatic carbocycles. The second kappa shape index (κ2) is 8.80. The maximum Gasteiger partial charge on any atom is 0.182 e. The summed E-state index contributed by atoms with van der Waals surface area (Å²) >= 11 is 0. The number of carbonyl (C=O) groups excluding carboxylic acids is 1. The highest BCUT2D eigenvalue weighted by Gasteiger charge is 2.15. The third-order valence-electron chi connectivity index (χ3n) is 4.69. The number of likely N-dealkylation sites (N-methyl/N-ethyl adjacent to an activating group) is 1. The average Bonchev–Trinajstić information content (AvgIpc) is 2.61. The molecule has 4 nitrogen and oxygen atoms in total. The van der Waals surface area contributed by atoms with Crippen molar-refractivity contribution >= 4 is 23.5 Å². The monoisotopic (exact) mass is 369 g/mol. The Morgan fingerprint density at radius 2 is 1.78 bits per heavy atom. The minimum Gasteiger partial charge on any atom is -0.367 e. The summed E-state index contributed by atoms with van der Waals surface area (Å²) in [6.07, 6.45) is 1.80. The highest BCUT2D eigenvalue weighted by atomic mass is 19.1. The van der Waals surface area contributed by atoms with Gasteiger partial charge in [-0.25, -0.2) is 9.38 Å². The van der Waals surface area contributed by atoms with Gasteiger partial charge in [-0.15, -0.1) is 0 Å². The predicted molar refractivity (Wildman–Crippen MR) is 111 cm³/mol. The molecule has 0 aliphatic heterocycles. The van der Waals surface area contributed by atoms with Crippen LogP contribution in [0, 0.1) is 26.6 Å². The van der Waals surface area contributed by atoms with Crippen molar-refractivity contribution in [2.45, 2.75) is 27.7 Å². The fourth-order valence-electron chi connectivity index (χ4n) is 2.92. The van der Waals surface area contributed by atoms with E-state index >= 15 is 0 Å². The Hall–Kier alpha value is -2.69. The largest absolute Gasteiger partial charge is 0.367 e. The van der Waals surface area contributed by atoms with Crippen LogP contribution in [-0.2, 0) is 0 Å². The number of ketones is 1. The molecule has 0 atom stereocenters. The van der Waals surface area contributed by atoms with Gasteiger partial charge in [-0.3, -0.25) is 4.79 Å². The molecular formula is C22H28FN3O. The first-order valence-electron chi connectivity index (χ1n) is 9.09. The minimum atomic E-state index is -0.271. The van der Waals surface area contributed by atoms with E-state index in [1.54, 1.807) is 12.4 Å². The number of aryl methyl sites for hydroxylation is 3. The van der Waals surface area contributed by atoms with E-state index in [0.717, 1.165) is 34.6 Å². The first-order chi connectivity index (χ1) is 12.7. The highest BCUT2D eigenvalue weighted by molar-refractivity contribution is 6.01. The number of hydrogen-bond acceptors (Lipinski definition) is 3. The molecule has 2 aromatic carbocycles. The van der Waals surface area contributed by atoms with Crippen LogP contribution in [0.5, 0.6) is 0 Å². The fraction of sp³-hybridized carbons (Fsp3) is 0.364. The first-order valence-corrected chi connectivity index (χ1v) is 9.09. The Balaban J connectivity index is 2.21. The Morgan fingerprint density at radius 3 is 2.41 bits per heavy atom. The third-order valence-corrected chi connectivity index (χ3v) is 4.69. The lowest BCUT2D eigenvalue weighted by atomic mass is 10.00. The molecule has 0 aliphatic rings. The Labute approximate surface area is 161 Å². The fourth-order valence-corrected chi connectivity index (χ4v) is 2.92. The molecule has 0 saturated carbocycles. The summed E-state index contributed by atoms with van der Waals surface area (Å²) in [6, 6.07) is 8.45. The zero-order chi connectivity index (χ0) is 20.1. The maximum absolute atomic E-state index is 13.3. The molecule has 2 aromatic rings. The molecule has 0 spiro atoms. The van der Waals surface area contributed by atoms with E-state index in [-0.39, 0.29) is 18.1 Å². The van der Waals surface area contributed by atoms with E-state index in [1.165, 1.54) is 12.1 Å². The van der Waals surface area contributed by atoms with Gasteiger partial charge in [-0.05, 0) is 74.7 Å². The van der Waals surface area contributed by atoms with Crippen LogP contribution in [-0.4, -0.2) is 44.2 Å². The van der Waals surface area contributed by atoms with Crippen LogP contribution in [0.25, 0.3) is 0 Å². The molecule has 0 fully saturated rings. The highest BCUT2D eigenvalue weighted by Crippen LogP contribution is 2.25.